The summed E-state index contributed by atoms with van der Waals surface area (Å²) in [4.78, 5) is 12.2. The van der Waals surface area contributed by atoms with Gasteiger partial charge in [-0.1, -0.05) is 76.6 Å². The number of rotatable bonds is 6. The van der Waals surface area contributed by atoms with E-state index < -0.39 is 0 Å². The van der Waals surface area contributed by atoms with Crippen LogP contribution in [0.5, 0.6) is 0 Å². The first-order chi connectivity index (χ1) is 14.2. The number of nitrogens with one attached hydrogen (secondary N) is 1. The van der Waals surface area contributed by atoms with Gasteiger partial charge < -0.3 is 4.57 Å². The number of aromatic nitrogens is 1. The van der Waals surface area contributed by atoms with Crippen LogP contribution in [-0.2, 0) is 17.8 Å². The number of fused-ring (bicyclic) bond motifs is 1. The molecule has 1 N–H and O–H groups in total. The molecular formula is C24H20BrN3O. The van der Waals surface area contributed by atoms with Gasteiger partial charge in [-0.2, -0.15) is 5.10 Å². The monoisotopic (exact) mass is 445 g/mol. The van der Waals surface area contributed by atoms with Crippen molar-refractivity contribution in [2.75, 3.05) is 0 Å². The van der Waals surface area contributed by atoms with Crippen LogP contribution in [0.3, 0.4) is 0 Å². The fourth-order valence-corrected chi connectivity index (χ4v) is 3.55. The van der Waals surface area contributed by atoms with E-state index in [4.69, 9.17) is 0 Å². The number of nitrogens with zero attached hydrogens (tertiary/aromatic N) is 2. The number of hydrogen-bond acceptors (Lipinski definition) is 2. The molecule has 0 aliphatic rings. The molecule has 0 fully saturated rings. The van der Waals surface area contributed by atoms with Crippen molar-refractivity contribution in [3.8, 4) is 0 Å². The molecule has 0 spiro atoms. The number of hydrazone groups is 1. The maximum atomic E-state index is 12.2. The standard InChI is InChI=1S/C24H20BrN3O/c25-21-12-10-18(11-13-21)14-24(29)27-26-15-20-17-28(16-19-6-2-1-3-7-19)23-9-5-4-8-22(20)23/h1-13,15,17H,14,16H2,(H,27,29). The van der Waals surface area contributed by atoms with Gasteiger partial charge in [-0.05, 0) is 29.3 Å². The van der Waals surface area contributed by atoms with Gasteiger partial charge in [0.15, 0.2) is 0 Å². The molecule has 0 radical (unpaired) electrons. The van der Waals surface area contributed by atoms with E-state index >= 15 is 0 Å². The highest BCUT2D eigenvalue weighted by Crippen LogP contribution is 2.21. The molecule has 0 aliphatic carbocycles. The zero-order chi connectivity index (χ0) is 20.1. The highest BCUT2D eigenvalue weighted by Gasteiger charge is 2.07. The van der Waals surface area contributed by atoms with Crippen LogP contribution in [0.25, 0.3) is 10.9 Å². The number of halogens is 1. The van der Waals surface area contributed by atoms with Crippen molar-refractivity contribution < 1.29 is 4.79 Å². The Morgan fingerprint density at radius 1 is 0.931 bits per heavy atom. The van der Waals surface area contributed by atoms with Crippen LogP contribution < -0.4 is 5.43 Å². The van der Waals surface area contributed by atoms with Gasteiger partial charge in [0.05, 0.1) is 12.6 Å². The van der Waals surface area contributed by atoms with Crippen molar-refractivity contribution in [2.24, 2.45) is 5.10 Å². The minimum Gasteiger partial charge on any atom is -0.342 e. The molecule has 3 aromatic carbocycles. The fraction of sp³-hybridized carbons (Fsp3) is 0.0833. The number of amides is 1. The molecule has 0 unspecified atom stereocenters. The quantitative estimate of drug-likeness (QED) is 0.323. The first-order valence-corrected chi connectivity index (χ1v) is 10.2. The lowest BCUT2D eigenvalue weighted by Gasteiger charge is -2.05. The van der Waals surface area contributed by atoms with Gasteiger partial charge in [-0.15, -0.1) is 0 Å². The summed E-state index contributed by atoms with van der Waals surface area (Å²) in [6.45, 7) is 0.783. The number of carbonyl (C=O) groups is 1. The summed E-state index contributed by atoms with van der Waals surface area (Å²) in [5, 5.41) is 5.28. The Morgan fingerprint density at radius 3 is 2.45 bits per heavy atom. The van der Waals surface area contributed by atoms with Crippen LogP contribution in [-0.4, -0.2) is 16.7 Å². The van der Waals surface area contributed by atoms with Crippen molar-refractivity contribution in [3.63, 3.8) is 0 Å². The molecule has 1 amide bonds. The van der Waals surface area contributed by atoms with Crippen LogP contribution in [0.15, 0.2) is 94.6 Å². The van der Waals surface area contributed by atoms with Crippen LogP contribution >= 0.6 is 15.9 Å². The molecule has 0 saturated heterocycles. The number of benzene rings is 3. The van der Waals surface area contributed by atoms with Gasteiger partial charge >= 0.3 is 0 Å². The third kappa shape index (κ3) is 4.81. The maximum absolute atomic E-state index is 12.2. The first-order valence-electron chi connectivity index (χ1n) is 9.37. The predicted octanol–water partition coefficient (Wildman–Crippen LogP) is 5.14. The Labute approximate surface area is 178 Å². The summed E-state index contributed by atoms with van der Waals surface area (Å²) in [6, 6.07) is 26.2. The second-order valence-corrected chi connectivity index (χ2v) is 7.73. The van der Waals surface area contributed by atoms with Gasteiger partial charge in [0.2, 0.25) is 5.91 Å². The average Bonchev–Trinajstić information content (AvgIpc) is 3.08. The van der Waals surface area contributed by atoms with E-state index in [0.29, 0.717) is 6.42 Å². The van der Waals surface area contributed by atoms with Crippen LogP contribution in [0.4, 0.5) is 0 Å². The van der Waals surface area contributed by atoms with Gasteiger partial charge in [-0.25, -0.2) is 5.43 Å². The molecule has 144 valence electrons. The fourth-order valence-electron chi connectivity index (χ4n) is 3.29. The SMILES string of the molecule is O=C(Cc1ccc(Br)cc1)NN=Cc1cn(Cc2ccccc2)c2ccccc12. The Morgan fingerprint density at radius 2 is 1.66 bits per heavy atom. The topological polar surface area (TPSA) is 46.4 Å². The van der Waals surface area contributed by atoms with Crippen LogP contribution in [0.1, 0.15) is 16.7 Å². The number of carbonyl (C=O) groups excluding carboxylic acids is 1. The molecule has 29 heavy (non-hydrogen) atoms. The molecular weight excluding hydrogens is 426 g/mol. The lowest BCUT2D eigenvalue weighted by molar-refractivity contribution is -0.120. The molecule has 4 aromatic rings. The van der Waals surface area contributed by atoms with E-state index in [1.807, 2.05) is 54.6 Å². The summed E-state index contributed by atoms with van der Waals surface area (Å²) in [6.07, 6.45) is 4.08. The second-order valence-electron chi connectivity index (χ2n) is 6.81. The van der Waals surface area contributed by atoms with E-state index in [9.17, 15) is 4.79 Å². The summed E-state index contributed by atoms with van der Waals surface area (Å²) in [7, 11) is 0. The zero-order valence-electron chi connectivity index (χ0n) is 15.8. The molecule has 0 saturated carbocycles. The highest BCUT2D eigenvalue weighted by atomic mass is 79.9. The van der Waals surface area contributed by atoms with Gasteiger partial charge in [0.25, 0.3) is 0 Å². The first kappa shape index (κ1) is 19.2. The third-order valence-electron chi connectivity index (χ3n) is 4.69. The van der Waals surface area contributed by atoms with Crippen molar-refractivity contribution in [3.05, 3.63) is 106 Å². The second kappa shape index (κ2) is 8.88. The summed E-state index contributed by atoms with van der Waals surface area (Å²) in [5.41, 5.74) is 6.92. The lowest BCUT2D eigenvalue weighted by Crippen LogP contribution is -2.19. The van der Waals surface area contributed by atoms with E-state index in [2.05, 4.69) is 61.5 Å². The maximum Gasteiger partial charge on any atom is 0.244 e. The lowest BCUT2D eigenvalue weighted by atomic mass is 10.1. The predicted molar refractivity (Wildman–Crippen MR) is 121 cm³/mol. The average molecular weight is 446 g/mol. The summed E-state index contributed by atoms with van der Waals surface area (Å²) < 4.78 is 3.20. The van der Waals surface area contributed by atoms with Gasteiger partial charge in [0.1, 0.15) is 0 Å². The number of hydrogen-bond donors (Lipinski definition) is 1. The van der Waals surface area contributed by atoms with Crippen molar-refractivity contribution in [2.45, 2.75) is 13.0 Å². The molecule has 4 rings (SSSR count). The smallest absolute Gasteiger partial charge is 0.244 e. The Kier molecular flexibility index (Phi) is 5.86. The van der Waals surface area contributed by atoms with Crippen LogP contribution in [0.2, 0.25) is 0 Å². The van der Waals surface area contributed by atoms with Crippen LogP contribution in [0, 0.1) is 0 Å². The number of para-hydroxylation sites is 1. The molecule has 4 nitrogen and oxygen atoms in total. The molecule has 0 atom stereocenters. The van der Waals surface area contributed by atoms with Crippen molar-refractivity contribution in [1.82, 2.24) is 9.99 Å². The Balaban J connectivity index is 1.48. The van der Waals surface area contributed by atoms with Crippen molar-refractivity contribution >= 4 is 39.0 Å². The minimum absolute atomic E-state index is 0.142. The molecule has 0 aliphatic heterocycles. The largest absolute Gasteiger partial charge is 0.342 e. The Hall–Kier alpha value is -3.18. The van der Waals surface area contributed by atoms with Gasteiger partial charge in [-0.3, -0.25) is 4.79 Å². The van der Waals surface area contributed by atoms with E-state index in [1.165, 1.54) is 5.56 Å². The molecule has 1 aromatic heterocycles. The Bertz CT molecular complexity index is 1150. The molecule has 1 heterocycles. The van der Waals surface area contributed by atoms with E-state index in [1.54, 1.807) is 6.21 Å². The summed E-state index contributed by atoms with van der Waals surface area (Å²) >= 11 is 3.40. The zero-order valence-corrected chi connectivity index (χ0v) is 17.3. The van der Waals surface area contributed by atoms with E-state index in [-0.39, 0.29) is 5.91 Å². The minimum atomic E-state index is -0.142. The highest BCUT2D eigenvalue weighted by molar-refractivity contribution is 9.10. The van der Waals surface area contributed by atoms with Crippen molar-refractivity contribution in [1.29, 1.82) is 0 Å². The normalized spacial score (nSPS) is 11.2. The van der Waals surface area contributed by atoms with E-state index in [0.717, 1.165) is 33.0 Å². The molecule has 5 heteroatoms. The third-order valence-corrected chi connectivity index (χ3v) is 5.21. The molecule has 0 bridgehead atoms. The van der Waals surface area contributed by atoms with Gasteiger partial charge in [0, 0.05) is 33.7 Å². The summed E-state index contributed by atoms with van der Waals surface area (Å²) in [5.74, 6) is -0.142.